The molecule has 1 aromatic carbocycles. The Kier molecular flexibility index (Phi) is 4.79. The Labute approximate surface area is 146 Å². The third-order valence-corrected chi connectivity index (χ3v) is 4.43. The zero-order chi connectivity index (χ0) is 18.0. The molecule has 1 saturated carbocycles. The Hall–Kier alpha value is -2.76. The van der Waals surface area contributed by atoms with Crippen LogP contribution in [-0.4, -0.2) is 37.2 Å². The number of methoxy groups -OCH3 is 2. The number of benzene rings is 1. The van der Waals surface area contributed by atoms with E-state index in [1.807, 2.05) is 25.1 Å². The van der Waals surface area contributed by atoms with Gasteiger partial charge in [-0.15, -0.1) is 0 Å². The van der Waals surface area contributed by atoms with E-state index in [2.05, 4.69) is 14.6 Å². The summed E-state index contributed by atoms with van der Waals surface area (Å²) in [5.74, 6) is 0.116. The van der Waals surface area contributed by atoms with Crippen LogP contribution >= 0.6 is 0 Å². The number of hydrogen-bond acceptors (Lipinski definition) is 4. The van der Waals surface area contributed by atoms with Crippen molar-refractivity contribution < 1.29 is 19.1 Å². The van der Waals surface area contributed by atoms with Crippen LogP contribution in [0, 0.1) is 6.92 Å². The highest BCUT2D eigenvalue weighted by molar-refractivity contribution is 6.09. The van der Waals surface area contributed by atoms with E-state index in [4.69, 9.17) is 4.74 Å². The number of hydrogen-bond donors (Lipinski definition) is 1. The lowest BCUT2D eigenvalue weighted by Crippen LogP contribution is -2.24. The van der Waals surface area contributed by atoms with Crippen molar-refractivity contribution in [3.63, 3.8) is 0 Å². The van der Waals surface area contributed by atoms with Gasteiger partial charge in [0.2, 0.25) is 0 Å². The lowest BCUT2D eigenvalue weighted by Gasteiger charge is -2.06. The zero-order valence-corrected chi connectivity index (χ0v) is 14.7. The van der Waals surface area contributed by atoms with E-state index in [0.29, 0.717) is 11.6 Å². The van der Waals surface area contributed by atoms with Gasteiger partial charge in [-0.2, -0.15) is 0 Å². The van der Waals surface area contributed by atoms with Gasteiger partial charge in [-0.25, -0.2) is 4.79 Å². The van der Waals surface area contributed by atoms with Crippen molar-refractivity contribution in [1.82, 2.24) is 9.88 Å². The molecular formula is C19H22N2O4. The third-order valence-electron chi connectivity index (χ3n) is 4.43. The van der Waals surface area contributed by atoms with Gasteiger partial charge in [-0.1, -0.05) is 6.08 Å². The number of carbonyl (C=O) groups excluding carboxylic acids is 2. The number of aromatic nitrogens is 1. The Morgan fingerprint density at radius 3 is 2.72 bits per heavy atom. The first-order valence-corrected chi connectivity index (χ1v) is 8.28. The molecule has 1 aromatic heterocycles. The zero-order valence-electron chi connectivity index (χ0n) is 14.7. The Morgan fingerprint density at radius 2 is 2.08 bits per heavy atom. The number of ether oxygens (including phenoxy) is 2. The summed E-state index contributed by atoms with van der Waals surface area (Å²) in [5.41, 5.74) is 2.67. The molecule has 1 aliphatic carbocycles. The van der Waals surface area contributed by atoms with Crippen LogP contribution in [0.3, 0.4) is 0 Å². The van der Waals surface area contributed by atoms with Gasteiger partial charge in [0.25, 0.3) is 5.91 Å². The van der Waals surface area contributed by atoms with Gasteiger partial charge in [-0.3, -0.25) is 4.79 Å². The SMILES string of the molecule is COC(=O)/C=C/CNC(=O)c1c(C)n(C2CC2)c2ccc(OC)cc12. The van der Waals surface area contributed by atoms with Crippen LogP contribution in [0.5, 0.6) is 5.75 Å². The summed E-state index contributed by atoms with van der Waals surface area (Å²) in [4.78, 5) is 23.8. The third kappa shape index (κ3) is 3.38. The van der Waals surface area contributed by atoms with E-state index >= 15 is 0 Å². The number of nitrogens with one attached hydrogen (secondary N) is 1. The predicted octanol–water partition coefficient (Wildman–Crippen LogP) is 2.75. The van der Waals surface area contributed by atoms with Gasteiger partial charge in [0.1, 0.15) is 5.75 Å². The highest BCUT2D eigenvalue weighted by Gasteiger charge is 2.30. The molecule has 0 bridgehead atoms. The maximum Gasteiger partial charge on any atom is 0.330 e. The van der Waals surface area contributed by atoms with E-state index in [1.165, 1.54) is 13.2 Å². The Balaban J connectivity index is 1.91. The minimum absolute atomic E-state index is 0.162. The molecule has 0 atom stereocenters. The maximum atomic E-state index is 12.7. The molecule has 0 spiro atoms. The van der Waals surface area contributed by atoms with Gasteiger partial charge < -0.3 is 19.4 Å². The maximum absolute atomic E-state index is 12.7. The normalized spacial score (nSPS) is 14.0. The summed E-state index contributed by atoms with van der Waals surface area (Å²) in [6.45, 7) is 2.23. The first-order valence-electron chi connectivity index (χ1n) is 8.28. The van der Waals surface area contributed by atoms with Crippen molar-refractivity contribution >= 4 is 22.8 Å². The van der Waals surface area contributed by atoms with Gasteiger partial charge in [0.15, 0.2) is 0 Å². The van der Waals surface area contributed by atoms with Gasteiger partial charge in [0.05, 0.1) is 19.8 Å². The van der Waals surface area contributed by atoms with Crippen LogP contribution in [0.2, 0.25) is 0 Å². The van der Waals surface area contributed by atoms with Crippen molar-refractivity contribution in [2.75, 3.05) is 20.8 Å². The van der Waals surface area contributed by atoms with Crippen molar-refractivity contribution in [2.45, 2.75) is 25.8 Å². The minimum Gasteiger partial charge on any atom is -0.497 e. The van der Waals surface area contributed by atoms with E-state index in [1.54, 1.807) is 13.2 Å². The average Bonchev–Trinajstić information content (AvgIpc) is 3.40. The standard InChI is InChI=1S/C19H22N2O4/c1-12-18(19(23)20-10-4-5-17(22)25-3)15-11-14(24-2)8-9-16(15)21(12)13-6-7-13/h4-5,8-9,11,13H,6-7,10H2,1-3H3,(H,20,23)/b5-4+. The van der Waals surface area contributed by atoms with Crippen LogP contribution in [0.15, 0.2) is 30.4 Å². The summed E-state index contributed by atoms with van der Waals surface area (Å²) in [6.07, 6.45) is 5.14. The molecule has 0 radical (unpaired) electrons. The number of rotatable bonds is 6. The fourth-order valence-corrected chi connectivity index (χ4v) is 3.10. The molecule has 1 fully saturated rings. The molecule has 132 valence electrons. The Morgan fingerprint density at radius 1 is 1.32 bits per heavy atom. The van der Waals surface area contributed by atoms with Crippen molar-refractivity contribution in [3.05, 3.63) is 41.6 Å². The molecule has 0 unspecified atom stereocenters. The lowest BCUT2D eigenvalue weighted by atomic mass is 10.1. The van der Waals surface area contributed by atoms with Crippen molar-refractivity contribution in [3.8, 4) is 5.75 Å². The molecule has 1 aliphatic rings. The smallest absolute Gasteiger partial charge is 0.330 e. The van der Waals surface area contributed by atoms with E-state index in [9.17, 15) is 9.59 Å². The second-order valence-corrected chi connectivity index (χ2v) is 6.08. The van der Waals surface area contributed by atoms with E-state index in [0.717, 1.165) is 35.2 Å². The highest BCUT2D eigenvalue weighted by Crippen LogP contribution is 2.41. The summed E-state index contributed by atoms with van der Waals surface area (Å²) < 4.78 is 12.1. The molecule has 25 heavy (non-hydrogen) atoms. The molecule has 3 rings (SSSR count). The topological polar surface area (TPSA) is 69.6 Å². The number of fused-ring (bicyclic) bond motifs is 1. The van der Waals surface area contributed by atoms with Crippen molar-refractivity contribution in [2.24, 2.45) is 0 Å². The fraction of sp³-hybridized carbons (Fsp3) is 0.368. The largest absolute Gasteiger partial charge is 0.497 e. The molecule has 1 amide bonds. The molecular weight excluding hydrogens is 320 g/mol. The first-order chi connectivity index (χ1) is 12.1. The molecule has 2 aromatic rings. The van der Waals surface area contributed by atoms with Crippen LogP contribution in [-0.2, 0) is 9.53 Å². The molecule has 1 N–H and O–H groups in total. The van der Waals surface area contributed by atoms with E-state index in [-0.39, 0.29) is 12.5 Å². The van der Waals surface area contributed by atoms with Crippen LogP contribution in [0.1, 0.15) is 34.9 Å². The Bertz CT molecular complexity index is 847. The van der Waals surface area contributed by atoms with Crippen LogP contribution < -0.4 is 10.1 Å². The number of amides is 1. The van der Waals surface area contributed by atoms with Gasteiger partial charge >= 0.3 is 5.97 Å². The molecule has 0 saturated heterocycles. The summed E-state index contributed by atoms with van der Waals surface area (Å²) in [6, 6.07) is 6.30. The van der Waals surface area contributed by atoms with Crippen LogP contribution in [0.25, 0.3) is 10.9 Å². The number of carbonyl (C=O) groups is 2. The summed E-state index contributed by atoms with van der Waals surface area (Å²) >= 11 is 0. The van der Waals surface area contributed by atoms with Gasteiger partial charge in [-0.05, 0) is 38.0 Å². The number of esters is 1. The summed E-state index contributed by atoms with van der Waals surface area (Å²) in [5, 5.41) is 3.72. The second kappa shape index (κ2) is 7.01. The van der Waals surface area contributed by atoms with Crippen molar-refractivity contribution in [1.29, 1.82) is 0 Å². The highest BCUT2D eigenvalue weighted by atomic mass is 16.5. The van der Waals surface area contributed by atoms with Crippen LogP contribution in [0.4, 0.5) is 0 Å². The molecule has 6 nitrogen and oxygen atoms in total. The quantitative estimate of drug-likeness (QED) is 0.647. The average molecular weight is 342 g/mol. The lowest BCUT2D eigenvalue weighted by molar-refractivity contribution is -0.134. The predicted molar refractivity (Wildman–Crippen MR) is 95.0 cm³/mol. The minimum atomic E-state index is -0.444. The van der Waals surface area contributed by atoms with E-state index < -0.39 is 5.97 Å². The first kappa shape index (κ1) is 17.1. The molecule has 6 heteroatoms. The van der Waals surface area contributed by atoms with Gasteiger partial charge in [0, 0.05) is 35.3 Å². The molecule has 0 aliphatic heterocycles. The summed E-state index contributed by atoms with van der Waals surface area (Å²) in [7, 11) is 2.93. The monoisotopic (exact) mass is 342 g/mol. The second-order valence-electron chi connectivity index (χ2n) is 6.08. The molecule has 1 heterocycles. The fourth-order valence-electron chi connectivity index (χ4n) is 3.10. The number of nitrogens with zero attached hydrogens (tertiary/aromatic N) is 1.